The third kappa shape index (κ3) is 2.17. The van der Waals surface area contributed by atoms with Gasteiger partial charge in [-0.25, -0.2) is 4.79 Å². The summed E-state index contributed by atoms with van der Waals surface area (Å²) in [7, 11) is 0. The molecule has 0 unspecified atom stereocenters. The number of fused-ring (bicyclic) bond motifs is 1. The second-order valence-corrected chi connectivity index (χ2v) is 5.85. The topological polar surface area (TPSA) is 49.8 Å². The maximum Gasteiger partial charge on any atom is 0.410 e. The van der Waals surface area contributed by atoms with Gasteiger partial charge in [0, 0.05) is 18.5 Å². The molecular formula is C12H21NO3. The Morgan fingerprint density at radius 2 is 2.12 bits per heavy atom. The molecule has 1 N–H and O–H groups in total. The summed E-state index contributed by atoms with van der Waals surface area (Å²) in [5, 5.41) is 9.60. The van der Waals surface area contributed by atoms with Crippen LogP contribution in [0.4, 0.5) is 4.79 Å². The molecule has 2 rings (SSSR count). The van der Waals surface area contributed by atoms with E-state index in [1.807, 2.05) is 20.8 Å². The second kappa shape index (κ2) is 3.91. The lowest BCUT2D eigenvalue weighted by molar-refractivity contribution is -0.0893. The van der Waals surface area contributed by atoms with Gasteiger partial charge in [-0.05, 0) is 40.0 Å². The van der Waals surface area contributed by atoms with Crippen LogP contribution in [-0.2, 0) is 4.74 Å². The highest BCUT2D eigenvalue weighted by atomic mass is 16.6. The van der Waals surface area contributed by atoms with E-state index in [-0.39, 0.29) is 24.2 Å². The predicted octanol–water partition coefficient (Wildman–Crippen LogP) is 1.77. The highest BCUT2D eigenvalue weighted by molar-refractivity contribution is 5.69. The Labute approximate surface area is 96.6 Å². The first-order valence-corrected chi connectivity index (χ1v) is 6.06. The summed E-state index contributed by atoms with van der Waals surface area (Å²) in [6, 6.07) is 0.207. The van der Waals surface area contributed by atoms with E-state index in [9.17, 15) is 9.90 Å². The summed E-state index contributed by atoms with van der Waals surface area (Å²) in [6.45, 7) is 6.40. The Kier molecular flexibility index (Phi) is 2.86. The van der Waals surface area contributed by atoms with Crippen LogP contribution in [0.15, 0.2) is 0 Å². The zero-order valence-corrected chi connectivity index (χ0v) is 10.3. The van der Waals surface area contributed by atoms with Gasteiger partial charge in [0.2, 0.25) is 0 Å². The predicted molar refractivity (Wildman–Crippen MR) is 60.1 cm³/mol. The van der Waals surface area contributed by atoms with E-state index >= 15 is 0 Å². The molecule has 2 aliphatic rings. The number of hydrogen-bond acceptors (Lipinski definition) is 3. The van der Waals surface area contributed by atoms with Gasteiger partial charge in [-0.2, -0.15) is 0 Å². The minimum absolute atomic E-state index is 0.207. The average Bonchev–Trinajstić information content (AvgIpc) is 2.13. The van der Waals surface area contributed by atoms with Crippen LogP contribution in [0.3, 0.4) is 0 Å². The molecule has 0 aromatic heterocycles. The number of hydrogen-bond donors (Lipinski definition) is 1. The van der Waals surface area contributed by atoms with Gasteiger partial charge in [-0.1, -0.05) is 0 Å². The minimum atomic E-state index is -0.438. The summed E-state index contributed by atoms with van der Waals surface area (Å²) in [5.41, 5.74) is -0.438. The second-order valence-electron chi connectivity index (χ2n) is 5.85. The molecule has 0 radical (unpaired) electrons. The van der Waals surface area contributed by atoms with Crippen molar-refractivity contribution in [3.05, 3.63) is 0 Å². The van der Waals surface area contributed by atoms with Gasteiger partial charge in [0.05, 0.1) is 6.10 Å². The summed E-state index contributed by atoms with van der Waals surface area (Å²) in [5.74, 6) is 0.279. The van der Waals surface area contributed by atoms with Crippen LogP contribution in [0.2, 0.25) is 0 Å². The van der Waals surface area contributed by atoms with E-state index in [4.69, 9.17) is 4.74 Å². The number of nitrogens with zero attached hydrogens (tertiary/aromatic N) is 1. The highest BCUT2D eigenvalue weighted by Crippen LogP contribution is 2.39. The van der Waals surface area contributed by atoms with E-state index in [2.05, 4.69) is 0 Å². The molecule has 16 heavy (non-hydrogen) atoms. The van der Waals surface area contributed by atoms with Crippen molar-refractivity contribution in [2.75, 3.05) is 6.54 Å². The van der Waals surface area contributed by atoms with Gasteiger partial charge in [0.15, 0.2) is 0 Å². The van der Waals surface area contributed by atoms with Crippen LogP contribution in [-0.4, -0.2) is 40.4 Å². The molecule has 0 aromatic rings. The largest absolute Gasteiger partial charge is 0.444 e. The van der Waals surface area contributed by atoms with Crippen LogP contribution in [0, 0.1) is 5.92 Å². The highest BCUT2D eigenvalue weighted by Gasteiger charge is 2.47. The number of aliphatic hydroxyl groups is 1. The summed E-state index contributed by atoms with van der Waals surface area (Å²) in [4.78, 5) is 13.7. The monoisotopic (exact) mass is 227 g/mol. The molecule has 1 aliphatic carbocycles. The Hall–Kier alpha value is -0.770. The summed E-state index contributed by atoms with van der Waals surface area (Å²) >= 11 is 0. The third-order valence-electron chi connectivity index (χ3n) is 3.44. The van der Waals surface area contributed by atoms with Gasteiger partial charge in [-0.15, -0.1) is 0 Å². The molecule has 1 saturated heterocycles. The van der Waals surface area contributed by atoms with Gasteiger partial charge in [-0.3, -0.25) is 0 Å². The van der Waals surface area contributed by atoms with Crippen molar-refractivity contribution >= 4 is 6.09 Å². The molecule has 1 amide bonds. The molecule has 0 bridgehead atoms. The molecule has 3 atom stereocenters. The zero-order valence-electron chi connectivity index (χ0n) is 10.3. The van der Waals surface area contributed by atoms with E-state index in [1.54, 1.807) is 4.90 Å². The van der Waals surface area contributed by atoms with E-state index in [0.717, 1.165) is 19.4 Å². The fourth-order valence-corrected chi connectivity index (χ4v) is 2.61. The molecule has 2 fully saturated rings. The molecule has 4 heteroatoms. The fourth-order valence-electron chi connectivity index (χ4n) is 2.61. The third-order valence-corrected chi connectivity index (χ3v) is 3.44. The molecule has 92 valence electrons. The number of carbonyl (C=O) groups excluding carboxylic acids is 1. The molecule has 1 saturated carbocycles. The van der Waals surface area contributed by atoms with Gasteiger partial charge >= 0.3 is 6.09 Å². The quantitative estimate of drug-likeness (QED) is 0.686. The number of likely N-dealkylation sites (tertiary alicyclic amines) is 1. The standard InChI is InChI=1S/C12H21NO3/c1-12(2,3)16-11(15)13-6-4-5-8-9(13)7-10(8)14/h8-10,14H,4-7H2,1-3H3/t8-,9-,10-/m0/s1. The van der Waals surface area contributed by atoms with Crippen LogP contribution in [0.1, 0.15) is 40.0 Å². The number of piperidine rings is 1. The van der Waals surface area contributed by atoms with Crippen LogP contribution in [0.25, 0.3) is 0 Å². The van der Waals surface area contributed by atoms with Gasteiger partial charge in [0.25, 0.3) is 0 Å². The number of ether oxygens (including phenoxy) is 1. The Morgan fingerprint density at radius 3 is 2.69 bits per heavy atom. The maximum atomic E-state index is 11.9. The van der Waals surface area contributed by atoms with Crippen LogP contribution < -0.4 is 0 Å². The van der Waals surface area contributed by atoms with E-state index in [1.165, 1.54) is 0 Å². The van der Waals surface area contributed by atoms with Crippen molar-refractivity contribution in [1.82, 2.24) is 4.90 Å². The van der Waals surface area contributed by atoms with E-state index in [0.29, 0.717) is 6.42 Å². The van der Waals surface area contributed by atoms with E-state index < -0.39 is 5.60 Å². The van der Waals surface area contributed by atoms with Gasteiger partial charge in [0.1, 0.15) is 5.60 Å². The first kappa shape index (κ1) is 11.7. The Bertz CT molecular complexity index is 284. The normalized spacial score (nSPS) is 34.0. The molecule has 0 aromatic carbocycles. The summed E-state index contributed by atoms with van der Waals surface area (Å²) in [6.07, 6.45) is 2.27. The zero-order chi connectivity index (χ0) is 11.9. The molecular weight excluding hydrogens is 206 g/mol. The van der Waals surface area contributed by atoms with Crippen molar-refractivity contribution in [3.8, 4) is 0 Å². The number of aliphatic hydroxyl groups excluding tert-OH is 1. The van der Waals surface area contributed by atoms with Crippen molar-refractivity contribution in [3.63, 3.8) is 0 Å². The number of carbonyl (C=O) groups is 1. The maximum absolute atomic E-state index is 11.9. The molecule has 1 heterocycles. The lowest BCUT2D eigenvalue weighted by Gasteiger charge is -2.51. The molecule has 0 spiro atoms. The van der Waals surface area contributed by atoms with Crippen molar-refractivity contribution in [2.24, 2.45) is 5.92 Å². The van der Waals surface area contributed by atoms with Crippen molar-refractivity contribution < 1.29 is 14.6 Å². The van der Waals surface area contributed by atoms with Crippen molar-refractivity contribution in [2.45, 2.75) is 57.8 Å². The summed E-state index contributed by atoms with van der Waals surface area (Å²) < 4.78 is 5.37. The number of rotatable bonds is 0. The fraction of sp³-hybridized carbons (Fsp3) is 0.917. The molecule has 1 aliphatic heterocycles. The smallest absolute Gasteiger partial charge is 0.410 e. The Morgan fingerprint density at radius 1 is 1.44 bits per heavy atom. The first-order chi connectivity index (χ1) is 7.38. The SMILES string of the molecule is CC(C)(C)OC(=O)N1CCC[C@@H]2[C@@H](O)C[C@@H]21. The number of amides is 1. The lowest BCUT2D eigenvalue weighted by Crippen LogP contribution is -2.60. The van der Waals surface area contributed by atoms with Gasteiger partial charge < -0.3 is 14.7 Å². The lowest BCUT2D eigenvalue weighted by atomic mass is 9.71. The Balaban J connectivity index is 1.96. The average molecular weight is 227 g/mol. The van der Waals surface area contributed by atoms with Crippen molar-refractivity contribution in [1.29, 1.82) is 0 Å². The minimum Gasteiger partial charge on any atom is -0.444 e. The molecule has 4 nitrogen and oxygen atoms in total. The van der Waals surface area contributed by atoms with Crippen LogP contribution >= 0.6 is 0 Å². The first-order valence-electron chi connectivity index (χ1n) is 6.06. The van der Waals surface area contributed by atoms with Crippen LogP contribution in [0.5, 0.6) is 0 Å².